The van der Waals surface area contributed by atoms with Gasteiger partial charge in [0.2, 0.25) is 5.78 Å². The van der Waals surface area contributed by atoms with Crippen LogP contribution >= 0.6 is 23.4 Å². The topological polar surface area (TPSA) is 43.4 Å². The molecule has 5 heteroatoms. The quantitative estimate of drug-likeness (QED) is 0.316. The highest BCUT2D eigenvalue weighted by atomic mass is 35.5. The van der Waals surface area contributed by atoms with E-state index < -0.39 is 5.97 Å². The van der Waals surface area contributed by atoms with Crippen LogP contribution in [0.1, 0.15) is 26.3 Å². The fourth-order valence-corrected chi connectivity index (χ4v) is 3.85. The lowest BCUT2D eigenvalue weighted by Gasteiger charge is -2.05. The molecule has 0 aromatic heterocycles. The Morgan fingerprint density at radius 1 is 0.926 bits per heavy atom. The Balaban J connectivity index is 1.47. The second-order valence-corrected chi connectivity index (χ2v) is 7.42. The summed E-state index contributed by atoms with van der Waals surface area (Å²) in [5.41, 5.74) is 2.03. The molecule has 1 aliphatic rings. The van der Waals surface area contributed by atoms with Gasteiger partial charge in [0.1, 0.15) is 5.75 Å². The minimum atomic E-state index is -0.449. The number of ketones is 1. The van der Waals surface area contributed by atoms with Gasteiger partial charge in [0, 0.05) is 15.5 Å². The zero-order valence-corrected chi connectivity index (χ0v) is 15.6. The molecule has 0 spiro atoms. The normalized spacial score (nSPS) is 14.3. The summed E-state index contributed by atoms with van der Waals surface area (Å²) >= 11 is 7.29. The SMILES string of the molecule is O=C(Oc1ccc(/C=C2/Sc3ccccc3C2=O)cc1)c1ccc(Cl)cc1. The van der Waals surface area contributed by atoms with E-state index in [9.17, 15) is 9.59 Å². The molecule has 0 atom stereocenters. The zero-order chi connectivity index (χ0) is 18.8. The number of thioether (sulfide) groups is 1. The van der Waals surface area contributed by atoms with Crippen LogP contribution in [0.4, 0.5) is 0 Å². The third kappa shape index (κ3) is 3.82. The Labute approximate surface area is 165 Å². The predicted molar refractivity (Wildman–Crippen MR) is 107 cm³/mol. The molecule has 0 N–H and O–H groups in total. The number of carbonyl (C=O) groups excluding carboxylic acids is 2. The summed E-state index contributed by atoms with van der Waals surface area (Å²) in [7, 11) is 0. The van der Waals surface area contributed by atoms with Crippen molar-refractivity contribution < 1.29 is 14.3 Å². The van der Waals surface area contributed by atoms with Gasteiger partial charge in [0.25, 0.3) is 0 Å². The lowest BCUT2D eigenvalue weighted by atomic mass is 10.1. The molecule has 0 bridgehead atoms. The maximum absolute atomic E-state index is 12.4. The molecule has 0 saturated carbocycles. The molecule has 0 saturated heterocycles. The molecule has 0 fully saturated rings. The van der Waals surface area contributed by atoms with E-state index in [-0.39, 0.29) is 5.78 Å². The van der Waals surface area contributed by atoms with Crippen molar-refractivity contribution >= 4 is 41.2 Å². The van der Waals surface area contributed by atoms with Gasteiger partial charge < -0.3 is 4.74 Å². The first-order chi connectivity index (χ1) is 13.1. The molecule has 132 valence electrons. The van der Waals surface area contributed by atoms with Gasteiger partial charge in [-0.1, -0.05) is 47.6 Å². The molecule has 1 heterocycles. The van der Waals surface area contributed by atoms with Crippen LogP contribution in [-0.4, -0.2) is 11.8 Å². The first kappa shape index (κ1) is 17.6. The number of Topliss-reactive ketones (excluding diaryl/α,β-unsaturated/α-hetero) is 1. The van der Waals surface area contributed by atoms with Crippen LogP contribution in [0.5, 0.6) is 5.75 Å². The predicted octanol–water partition coefficient (Wildman–Crippen LogP) is 5.89. The van der Waals surface area contributed by atoms with Crippen molar-refractivity contribution in [2.45, 2.75) is 4.90 Å². The van der Waals surface area contributed by atoms with Crippen LogP contribution in [0.3, 0.4) is 0 Å². The highest BCUT2D eigenvalue weighted by Gasteiger charge is 2.25. The Morgan fingerprint density at radius 3 is 2.33 bits per heavy atom. The maximum atomic E-state index is 12.4. The van der Waals surface area contributed by atoms with Crippen molar-refractivity contribution in [1.29, 1.82) is 0 Å². The lowest BCUT2D eigenvalue weighted by Crippen LogP contribution is -2.08. The number of hydrogen-bond donors (Lipinski definition) is 0. The Bertz CT molecular complexity index is 1050. The molecule has 3 aromatic carbocycles. The molecule has 1 aliphatic heterocycles. The van der Waals surface area contributed by atoms with E-state index in [4.69, 9.17) is 16.3 Å². The van der Waals surface area contributed by atoms with Gasteiger partial charge in [-0.15, -0.1) is 0 Å². The molecule has 3 aromatic rings. The number of carbonyl (C=O) groups is 2. The fraction of sp³-hybridized carbons (Fsp3) is 0. The van der Waals surface area contributed by atoms with Gasteiger partial charge in [0.05, 0.1) is 10.5 Å². The van der Waals surface area contributed by atoms with E-state index in [0.717, 1.165) is 16.0 Å². The van der Waals surface area contributed by atoms with E-state index in [1.54, 1.807) is 36.4 Å². The van der Waals surface area contributed by atoms with Crippen molar-refractivity contribution in [3.05, 3.63) is 99.4 Å². The van der Waals surface area contributed by atoms with E-state index in [1.807, 2.05) is 42.5 Å². The van der Waals surface area contributed by atoms with Gasteiger partial charge in [-0.05, 0) is 60.2 Å². The second-order valence-electron chi connectivity index (χ2n) is 5.90. The molecule has 0 aliphatic carbocycles. The highest BCUT2D eigenvalue weighted by molar-refractivity contribution is 8.04. The fourth-order valence-electron chi connectivity index (χ4n) is 2.67. The first-order valence-electron chi connectivity index (χ1n) is 8.21. The largest absolute Gasteiger partial charge is 0.423 e. The summed E-state index contributed by atoms with van der Waals surface area (Å²) < 4.78 is 5.36. The van der Waals surface area contributed by atoms with Gasteiger partial charge in [0.15, 0.2) is 0 Å². The molecular weight excluding hydrogens is 380 g/mol. The number of ether oxygens (including phenoxy) is 1. The number of benzene rings is 3. The molecule has 0 amide bonds. The van der Waals surface area contributed by atoms with Crippen molar-refractivity contribution in [2.24, 2.45) is 0 Å². The maximum Gasteiger partial charge on any atom is 0.343 e. The van der Waals surface area contributed by atoms with E-state index in [2.05, 4.69) is 0 Å². The molecule has 3 nitrogen and oxygen atoms in total. The van der Waals surface area contributed by atoms with E-state index >= 15 is 0 Å². The number of fused-ring (bicyclic) bond motifs is 1. The number of rotatable bonds is 3. The van der Waals surface area contributed by atoms with Crippen molar-refractivity contribution in [3.8, 4) is 5.75 Å². The summed E-state index contributed by atoms with van der Waals surface area (Å²) in [6.07, 6.45) is 1.85. The third-order valence-electron chi connectivity index (χ3n) is 4.04. The molecule has 0 radical (unpaired) electrons. The van der Waals surface area contributed by atoms with Crippen LogP contribution in [-0.2, 0) is 0 Å². The van der Waals surface area contributed by atoms with Crippen LogP contribution in [0.15, 0.2) is 82.6 Å². The number of halogens is 1. The lowest BCUT2D eigenvalue weighted by molar-refractivity contribution is 0.0734. The standard InChI is InChI=1S/C22H13ClO3S/c23-16-9-7-15(8-10-16)22(25)26-17-11-5-14(6-12-17)13-20-21(24)18-3-1-2-4-19(18)27-20/h1-13H/b20-13+. The monoisotopic (exact) mass is 392 g/mol. The molecule has 4 rings (SSSR count). The second kappa shape index (κ2) is 7.43. The van der Waals surface area contributed by atoms with Gasteiger partial charge >= 0.3 is 5.97 Å². The first-order valence-corrected chi connectivity index (χ1v) is 9.41. The van der Waals surface area contributed by atoms with E-state index in [1.165, 1.54) is 11.8 Å². The minimum absolute atomic E-state index is 0.0360. The zero-order valence-electron chi connectivity index (χ0n) is 14.0. The van der Waals surface area contributed by atoms with Crippen molar-refractivity contribution in [2.75, 3.05) is 0 Å². The minimum Gasteiger partial charge on any atom is -0.423 e. The van der Waals surface area contributed by atoms with Crippen molar-refractivity contribution in [1.82, 2.24) is 0 Å². The smallest absolute Gasteiger partial charge is 0.343 e. The van der Waals surface area contributed by atoms with Gasteiger partial charge in [-0.2, -0.15) is 0 Å². The molecular formula is C22H13ClO3S. The average molecular weight is 393 g/mol. The summed E-state index contributed by atoms with van der Waals surface area (Å²) in [4.78, 5) is 26.2. The number of hydrogen-bond acceptors (Lipinski definition) is 4. The van der Waals surface area contributed by atoms with Crippen LogP contribution in [0, 0.1) is 0 Å². The van der Waals surface area contributed by atoms with Crippen LogP contribution in [0.25, 0.3) is 6.08 Å². The Morgan fingerprint density at radius 2 is 1.63 bits per heavy atom. The number of esters is 1. The summed E-state index contributed by atoms with van der Waals surface area (Å²) in [5.74, 6) is 0.0226. The van der Waals surface area contributed by atoms with Crippen molar-refractivity contribution in [3.63, 3.8) is 0 Å². The summed E-state index contributed by atoms with van der Waals surface area (Å²) in [5, 5.41) is 0.561. The van der Waals surface area contributed by atoms with Gasteiger partial charge in [-0.25, -0.2) is 4.79 Å². The molecule has 27 heavy (non-hydrogen) atoms. The third-order valence-corrected chi connectivity index (χ3v) is 5.39. The summed E-state index contributed by atoms with van der Waals surface area (Å²) in [6.45, 7) is 0. The summed E-state index contributed by atoms with van der Waals surface area (Å²) in [6, 6.07) is 21.1. The number of allylic oxidation sites excluding steroid dienone is 1. The van der Waals surface area contributed by atoms with Crippen LogP contribution < -0.4 is 4.74 Å². The highest BCUT2D eigenvalue weighted by Crippen LogP contribution is 2.40. The Hall–Kier alpha value is -2.82. The van der Waals surface area contributed by atoms with Crippen LogP contribution in [0.2, 0.25) is 5.02 Å². The van der Waals surface area contributed by atoms with Gasteiger partial charge in [-0.3, -0.25) is 4.79 Å². The average Bonchev–Trinajstić information content (AvgIpc) is 3.00. The Kier molecular flexibility index (Phi) is 4.84. The van der Waals surface area contributed by atoms with E-state index in [0.29, 0.717) is 21.2 Å². The molecule has 0 unspecified atom stereocenters.